The molecular formula is C72H103N19O21S4. The van der Waals surface area contributed by atoms with Crippen molar-refractivity contribution < 1.29 is 99.3 Å². The first-order valence-corrected chi connectivity index (χ1v) is 43.6. The van der Waals surface area contributed by atoms with Crippen molar-refractivity contribution in [2.24, 2.45) is 23.3 Å². The number of benzene rings is 2. The maximum Gasteiger partial charge on any atom is 0.305 e. The lowest BCUT2D eigenvalue weighted by atomic mass is 9.97. The largest absolute Gasteiger partial charge is 0.481 e. The van der Waals surface area contributed by atoms with E-state index in [-0.39, 0.29) is 68.1 Å². The van der Waals surface area contributed by atoms with Gasteiger partial charge in [0.15, 0.2) is 0 Å². The van der Waals surface area contributed by atoms with Crippen LogP contribution < -0.4 is 75.3 Å². The first kappa shape index (κ1) is 90.4. The third-order valence-electron chi connectivity index (χ3n) is 20.6. The Kier molecular flexibility index (Phi) is 31.2. The molecule has 636 valence electrons. The molecule has 6 bridgehead atoms. The summed E-state index contributed by atoms with van der Waals surface area (Å²) in [6.45, 7) is 2.45. The second-order valence-corrected chi connectivity index (χ2v) is 36.6. The van der Waals surface area contributed by atoms with Crippen LogP contribution in [0.1, 0.15) is 84.3 Å². The van der Waals surface area contributed by atoms with Crippen molar-refractivity contribution in [2.75, 3.05) is 80.3 Å². The van der Waals surface area contributed by atoms with E-state index in [1.165, 1.54) is 31.9 Å². The van der Waals surface area contributed by atoms with Gasteiger partial charge in [-0.3, -0.25) is 72.4 Å². The molecule has 2 aromatic carbocycles. The fourth-order valence-electron chi connectivity index (χ4n) is 14.1. The van der Waals surface area contributed by atoms with Gasteiger partial charge in [-0.1, -0.05) is 64.1 Å². The molecule has 40 nitrogen and oxygen atoms in total. The fourth-order valence-corrected chi connectivity index (χ4v) is 20.1. The molecule has 5 aliphatic rings. The quantitative estimate of drug-likeness (QED) is 0.0664. The second-order valence-electron chi connectivity index (χ2n) is 30.1. The number of primary amides is 1. The van der Waals surface area contributed by atoms with Crippen LogP contribution in [-0.4, -0.2) is 303 Å². The number of rotatable bonds is 11. The number of aliphatic hydroxyl groups is 2. The molecule has 21 N–H and O–H groups in total. The van der Waals surface area contributed by atoms with Gasteiger partial charge < -0.3 is 100 Å². The van der Waals surface area contributed by atoms with Crippen LogP contribution in [0.4, 0.5) is 0 Å². The Labute approximate surface area is 677 Å². The van der Waals surface area contributed by atoms with E-state index in [9.17, 15) is 89.7 Å². The number of hydrogen-bond acceptors (Lipinski definition) is 24. The van der Waals surface area contributed by atoms with Crippen molar-refractivity contribution in [1.29, 1.82) is 0 Å². The van der Waals surface area contributed by atoms with Gasteiger partial charge >= 0.3 is 5.97 Å². The molecular weight excluding hydrogens is 1600 g/mol. The highest BCUT2D eigenvalue weighted by Gasteiger charge is 2.46. The number of sulfonamides is 2. The number of carboxylic acids is 1. The summed E-state index contributed by atoms with van der Waals surface area (Å²) in [5, 5.41) is 66.1. The molecule has 0 saturated carbocycles. The van der Waals surface area contributed by atoms with E-state index in [1.54, 1.807) is 68.6 Å². The summed E-state index contributed by atoms with van der Waals surface area (Å²) < 4.78 is 60.5. The van der Waals surface area contributed by atoms with Gasteiger partial charge in [0, 0.05) is 96.2 Å². The molecule has 9 rings (SSSR count). The fraction of sp³-hybridized carbons (Fsp3) is 0.583. The van der Waals surface area contributed by atoms with E-state index in [0.29, 0.717) is 32.9 Å². The van der Waals surface area contributed by atoms with Gasteiger partial charge in [-0.2, -0.15) is 32.1 Å². The number of aliphatic hydroxyl groups excluding tert-OH is 1. The lowest BCUT2D eigenvalue weighted by molar-refractivity contribution is -0.143. The zero-order valence-corrected chi connectivity index (χ0v) is 67.9. The lowest BCUT2D eigenvalue weighted by Gasteiger charge is -2.35. The monoisotopic (exact) mass is 1700 g/mol. The minimum atomic E-state index is -4.65. The summed E-state index contributed by atoms with van der Waals surface area (Å²) in [4.78, 5) is 207. The van der Waals surface area contributed by atoms with Crippen LogP contribution in [0.2, 0.25) is 0 Å². The Hall–Kier alpha value is -9.54. The van der Waals surface area contributed by atoms with Gasteiger partial charge in [-0.15, -0.1) is 0 Å². The molecule has 5 saturated heterocycles. The summed E-state index contributed by atoms with van der Waals surface area (Å²) in [5.74, 6) is -19.4. The zero-order valence-electron chi connectivity index (χ0n) is 64.6. The summed E-state index contributed by atoms with van der Waals surface area (Å²) in [6.07, 6.45) is -0.303. The summed E-state index contributed by atoms with van der Waals surface area (Å²) in [6, 6.07) is -5.35. The Morgan fingerprint density at radius 1 is 0.595 bits per heavy atom. The van der Waals surface area contributed by atoms with E-state index in [2.05, 4.69) is 73.8 Å². The van der Waals surface area contributed by atoms with Crippen LogP contribution in [-0.2, 0) is 100 Å². The number of fused-ring (bicyclic) bond motifs is 10. The topological polar surface area (TPSA) is 606 Å². The number of aromatic nitrogens is 2. The highest BCUT2D eigenvalue weighted by atomic mass is 32.2. The van der Waals surface area contributed by atoms with Gasteiger partial charge in [0.1, 0.15) is 72.2 Å². The molecule has 13 amide bonds. The van der Waals surface area contributed by atoms with Crippen LogP contribution in [0, 0.1) is 11.8 Å². The molecule has 4 aromatic rings. The summed E-state index contributed by atoms with van der Waals surface area (Å²) in [7, 11) is -9.28. The van der Waals surface area contributed by atoms with E-state index in [4.69, 9.17) is 11.5 Å². The lowest BCUT2D eigenvalue weighted by Crippen LogP contribution is -2.66. The number of aromatic amines is 2. The normalized spacial score (nSPS) is 29.9. The van der Waals surface area contributed by atoms with E-state index >= 15 is 9.59 Å². The summed E-state index contributed by atoms with van der Waals surface area (Å²) >= 11 is 1.70. The maximum atomic E-state index is 15.5. The predicted octanol–water partition coefficient (Wildman–Crippen LogP) is -6.40. The molecule has 0 aliphatic carbocycles. The molecule has 5 fully saturated rings. The zero-order chi connectivity index (χ0) is 84.7. The predicted molar refractivity (Wildman–Crippen MR) is 424 cm³/mol. The highest BCUT2D eigenvalue weighted by Crippen LogP contribution is 2.27. The maximum absolute atomic E-state index is 15.5. The average Bonchev–Trinajstić information content (AvgIpc) is 1.62. The Balaban J connectivity index is 1.10. The van der Waals surface area contributed by atoms with Crippen molar-refractivity contribution >= 4 is 148 Å². The number of carbonyl (C=O) groups excluding carboxylic acids is 13. The standard InChI is InChI=1S/C72H103N19O21S4/c1-37(2)57-69(105)82-49(28-56(94)95)62(98)77-32-55(93)79-47(26-40-29-75-44-14-8-6-12-42(40)44)64(100)87-58(38(3)4)71(107)91-19-11-17-53(91)68(104)84-51(60(74)96)33-113-22-24-115(109,110)89-20-21-90-36-72(108,35-89)78-31-50(66(102)81-48(65(101)86-57)27-41-30-76-45-15-9-7-13-43(41)45)83-63(99)46-16-10-18-54(92)59(70(106)80-46)88-67(103)52(85-61(97)39(5)73)34-114-23-25-116(90,111)112/h6-9,12-15,29-30,37-39,46-54,57-59,75-76,78,92,108H,10-11,16-28,31-36,73H2,1-5H3,(H2,74,96)(H,77,98)(H,79,93)(H,80,106)(H,81,102)(H,82,105)(H,83,99)(H,84,104)(H,85,97)(H,86,101)(H,87,100)(H,88,103)(H,94,95)/t39-,46-,47-,48-,49-,50-,51-,52-,53-,54+,57-,58-,59-,72?/m0/s1. The van der Waals surface area contributed by atoms with Crippen molar-refractivity contribution in [2.45, 2.75) is 170 Å². The van der Waals surface area contributed by atoms with Crippen LogP contribution in [0.5, 0.6) is 0 Å². The molecule has 5 aliphatic heterocycles. The number of amides is 13. The van der Waals surface area contributed by atoms with Gasteiger partial charge in [0.05, 0.1) is 49.7 Å². The number of nitrogens with two attached hydrogens (primary N) is 2. The van der Waals surface area contributed by atoms with Crippen molar-refractivity contribution in [3.8, 4) is 0 Å². The number of aliphatic carboxylic acids is 1. The number of carbonyl (C=O) groups is 14. The molecule has 0 spiro atoms. The van der Waals surface area contributed by atoms with Crippen molar-refractivity contribution in [3.05, 3.63) is 72.1 Å². The number of hydrogen-bond donors (Lipinski definition) is 19. The molecule has 116 heavy (non-hydrogen) atoms. The van der Waals surface area contributed by atoms with Gasteiger partial charge in [-0.05, 0) is 74.1 Å². The number of nitrogens with zero attached hydrogens (tertiary/aromatic N) is 3. The first-order valence-electron chi connectivity index (χ1n) is 38.1. The number of thioether (sulfide) groups is 2. The molecule has 2 aromatic heterocycles. The number of nitrogens with one attached hydrogen (secondary N) is 14. The van der Waals surface area contributed by atoms with E-state index in [0.717, 1.165) is 32.1 Å². The Morgan fingerprint density at radius 2 is 1.14 bits per heavy atom. The molecule has 16 atom stereocenters. The third-order valence-corrected chi connectivity index (χ3v) is 26.9. The van der Waals surface area contributed by atoms with Gasteiger partial charge in [0.25, 0.3) is 0 Å². The molecule has 0 radical (unpaired) electrons. The Bertz CT molecular complexity index is 4570. The smallest absolute Gasteiger partial charge is 0.305 e. The van der Waals surface area contributed by atoms with E-state index < -0.39 is 263 Å². The Morgan fingerprint density at radius 3 is 1.71 bits per heavy atom. The number of H-pyrrole nitrogens is 2. The van der Waals surface area contributed by atoms with Crippen LogP contribution in [0.15, 0.2) is 60.9 Å². The summed E-state index contributed by atoms with van der Waals surface area (Å²) in [5.41, 5.74) is 11.1. The molecule has 44 heteroatoms. The van der Waals surface area contributed by atoms with Crippen molar-refractivity contribution in [1.82, 2.24) is 87.3 Å². The average molecular weight is 1700 g/mol. The van der Waals surface area contributed by atoms with Crippen LogP contribution >= 0.6 is 23.5 Å². The second kappa shape index (κ2) is 40.1. The highest BCUT2D eigenvalue weighted by molar-refractivity contribution is 8.00. The minimum absolute atomic E-state index is 0.00618. The van der Waals surface area contributed by atoms with Gasteiger partial charge in [0.2, 0.25) is 96.8 Å². The number of para-hydroxylation sites is 2. The van der Waals surface area contributed by atoms with Crippen LogP contribution in [0.3, 0.4) is 0 Å². The minimum Gasteiger partial charge on any atom is -0.481 e. The van der Waals surface area contributed by atoms with Crippen LogP contribution in [0.25, 0.3) is 21.8 Å². The SMILES string of the molecule is CC(C)[C@@H]1NC(=O)[C@H](Cc2c[nH]c3ccccc23)NC(=O)[C@@H]2CNC3(O)CN(CCN(C3)S(=O)(=O)CCSC[C@H](NC(=O)[C@H](C)N)C(=O)N[C@@H]3C(=O)N[C@@H](CCC[C@H]3O)C(=O)N2)S(=O)(=O)CCSC[C@@H](C(N)=O)NC(=O)[C@@H]2CCCN2C(=O)[C@H](C(C)C)NC(=O)[C@H](Cc2c[nH]c3ccccc23)NC(=O)CNC(=O)[C@H](CC(=O)O)NC1=O. The van der Waals surface area contributed by atoms with Gasteiger partial charge in [-0.25, -0.2) is 16.8 Å². The third kappa shape index (κ3) is 23.9. The first-order chi connectivity index (χ1) is 54.8. The van der Waals surface area contributed by atoms with E-state index in [1.807, 2.05) is 0 Å². The molecule has 7 heterocycles. The van der Waals surface area contributed by atoms with Crippen molar-refractivity contribution in [3.63, 3.8) is 0 Å². The number of carboxylic acid groups (broad SMARTS) is 1. The molecule has 3 unspecified atom stereocenters.